The number of hydrogen-bond acceptors (Lipinski definition) is 5. The molecule has 2 N–H and O–H groups in total. The van der Waals surface area contributed by atoms with Crippen LogP contribution in [0.2, 0.25) is 0 Å². The summed E-state index contributed by atoms with van der Waals surface area (Å²) in [5.41, 5.74) is 1.12. The summed E-state index contributed by atoms with van der Waals surface area (Å²) in [6.45, 7) is -0.149. The highest BCUT2D eigenvalue weighted by atomic mass is 16.5. The third-order valence-electron chi connectivity index (χ3n) is 5.42. The lowest BCUT2D eigenvalue weighted by Crippen LogP contribution is -2.20. The number of nitrogens with one attached hydrogen (secondary N) is 2. The number of amides is 2. The fraction of sp³-hybridized carbons (Fsp3) is 0.292. The van der Waals surface area contributed by atoms with E-state index in [1.807, 2.05) is 10.7 Å². The number of methoxy groups -OCH3 is 1. The number of carbonyl (C=O) groups excluding carboxylic acids is 2. The molecule has 32 heavy (non-hydrogen) atoms. The molecule has 2 aromatic carbocycles. The second kappa shape index (κ2) is 10.00. The van der Waals surface area contributed by atoms with E-state index in [0.29, 0.717) is 34.6 Å². The van der Waals surface area contributed by atoms with Gasteiger partial charge in [0.05, 0.1) is 19.3 Å². The van der Waals surface area contributed by atoms with E-state index in [1.54, 1.807) is 61.8 Å². The third-order valence-corrected chi connectivity index (χ3v) is 5.42. The fourth-order valence-electron chi connectivity index (χ4n) is 3.79. The Balaban J connectivity index is 1.29. The van der Waals surface area contributed by atoms with Crippen LogP contribution in [0.4, 0.5) is 11.5 Å². The molecule has 2 amide bonds. The first kappa shape index (κ1) is 21.4. The van der Waals surface area contributed by atoms with Gasteiger partial charge in [0.15, 0.2) is 6.61 Å². The van der Waals surface area contributed by atoms with Gasteiger partial charge in [-0.3, -0.25) is 9.59 Å². The molecule has 1 aromatic heterocycles. The molecule has 1 saturated carbocycles. The van der Waals surface area contributed by atoms with Gasteiger partial charge in [0.2, 0.25) is 0 Å². The standard InChI is InChI=1S/C24H26N4O4/c1-31-21-8-4-5-18(15-21)26-23(29)16-32-20-11-9-17(10-12-20)24(30)27-22-13-14-25-28(22)19-6-2-3-7-19/h4-5,8-15,19H,2-3,6-7,16H2,1H3,(H,26,29)(H,27,30). The summed E-state index contributed by atoms with van der Waals surface area (Å²) in [6.07, 6.45) is 6.26. The first-order chi connectivity index (χ1) is 15.6. The monoisotopic (exact) mass is 434 g/mol. The van der Waals surface area contributed by atoms with E-state index in [-0.39, 0.29) is 18.4 Å². The molecular formula is C24H26N4O4. The average molecular weight is 434 g/mol. The van der Waals surface area contributed by atoms with E-state index in [4.69, 9.17) is 9.47 Å². The largest absolute Gasteiger partial charge is 0.497 e. The van der Waals surface area contributed by atoms with Crippen LogP contribution in [0.1, 0.15) is 42.1 Å². The smallest absolute Gasteiger partial charge is 0.262 e. The van der Waals surface area contributed by atoms with E-state index in [1.165, 1.54) is 12.8 Å². The Bertz CT molecular complexity index is 1070. The van der Waals surface area contributed by atoms with Crippen molar-refractivity contribution < 1.29 is 19.1 Å². The highest BCUT2D eigenvalue weighted by molar-refractivity contribution is 6.03. The van der Waals surface area contributed by atoms with E-state index in [9.17, 15) is 9.59 Å². The lowest BCUT2D eigenvalue weighted by molar-refractivity contribution is -0.118. The van der Waals surface area contributed by atoms with Crippen LogP contribution >= 0.6 is 0 Å². The van der Waals surface area contributed by atoms with E-state index in [0.717, 1.165) is 12.8 Å². The van der Waals surface area contributed by atoms with Crippen LogP contribution in [0.15, 0.2) is 60.8 Å². The molecule has 1 aliphatic carbocycles. The Hall–Kier alpha value is -3.81. The molecule has 3 aromatic rings. The Labute approximate surface area is 186 Å². The number of ether oxygens (including phenoxy) is 2. The molecule has 8 heteroatoms. The summed E-state index contributed by atoms with van der Waals surface area (Å²) in [4.78, 5) is 24.8. The predicted molar refractivity (Wildman–Crippen MR) is 121 cm³/mol. The molecule has 0 unspecified atom stereocenters. The minimum atomic E-state index is -0.291. The minimum absolute atomic E-state index is 0.149. The summed E-state index contributed by atoms with van der Waals surface area (Å²) in [5.74, 6) is 1.35. The van der Waals surface area contributed by atoms with Crippen LogP contribution in [0.5, 0.6) is 11.5 Å². The number of benzene rings is 2. The molecular weight excluding hydrogens is 408 g/mol. The zero-order valence-corrected chi connectivity index (χ0v) is 17.9. The number of aromatic nitrogens is 2. The zero-order valence-electron chi connectivity index (χ0n) is 17.9. The Morgan fingerprint density at radius 3 is 2.56 bits per heavy atom. The molecule has 1 aliphatic rings. The van der Waals surface area contributed by atoms with Crippen molar-refractivity contribution in [2.24, 2.45) is 0 Å². The van der Waals surface area contributed by atoms with Crippen molar-refractivity contribution in [2.45, 2.75) is 31.7 Å². The molecule has 4 rings (SSSR count). The van der Waals surface area contributed by atoms with Gasteiger partial charge in [0.1, 0.15) is 17.3 Å². The second-order valence-corrected chi connectivity index (χ2v) is 7.65. The Morgan fingerprint density at radius 2 is 1.81 bits per heavy atom. The molecule has 1 fully saturated rings. The van der Waals surface area contributed by atoms with E-state index >= 15 is 0 Å². The number of anilines is 2. The third kappa shape index (κ3) is 5.26. The molecule has 0 radical (unpaired) electrons. The first-order valence-corrected chi connectivity index (χ1v) is 10.6. The van der Waals surface area contributed by atoms with Gasteiger partial charge in [-0.15, -0.1) is 0 Å². The summed E-state index contributed by atoms with van der Waals surface area (Å²) >= 11 is 0. The van der Waals surface area contributed by atoms with E-state index < -0.39 is 0 Å². The minimum Gasteiger partial charge on any atom is -0.497 e. The van der Waals surface area contributed by atoms with Crippen molar-refractivity contribution in [3.63, 3.8) is 0 Å². The van der Waals surface area contributed by atoms with Crippen LogP contribution in [-0.2, 0) is 4.79 Å². The van der Waals surface area contributed by atoms with Gasteiger partial charge in [-0.2, -0.15) is 5.10 Å². The van der Waals surface area contributed by atoms with E-state index in [2.05, 4.69) is 15.7 Å². The summed E-state index contributed by atoms with van der Waals surface area (Å²) in [5, 5.41) is 10.1. The quantitative estimate of drug-likeness (QED) is 0.552. The normalized spacial score (nSPS) is 13.5. The molecule has 0 aliphatic heterocycles. The SMILES string of the molecule is COc1cccc(NC(=O)COc2ccc(C(=O)Nc3ccnn3C3CCCC3)cc2)c1. The van der Waals surface area contributed by atoms with Gasteiger partial charge < -0.3 is 20.1 Å². The summed E-state index contributed by atoms with van der Waals surface area (Å²) < 4.78 is 12.6. The van der Waals surface area contributed by atoms with Gasteiger partial charge in [-0.05, 0) is 49.2 Å². The Kier molecular flexibility index (Phi) is 6.69. The molecule has 1 heterocycles. The number of carbonyl (C=O) groups is 2. The number of hydrogen-bond donors (Lipinski definition) is 2. The van der Waals surface area contributed by atoms with Gasteiger partial charge in [-0.1, -0.05) is 18.9 Å². The van der Waals surface area contributed by atoms with Crippen molar-refractivity contribution in [3.05, 3.63) is 66.4 Å². The lowest BCUT2D eigenvalue weighted by atomic mass is 10.2. The van der Waals surface area contributed by atoms with Crippen molar-refractivity contribution in [3.8, 4) is 11.5 Å². The number of nitrogens with zero attached hydrogens (tertiary/aromatic N) is 2. The van der Waals surface area contributed by atoms with Crippen molar-refractivity contribution in [1.82, 2.24) is 9.78 Å². The van der Waals surface area contributed by atoms with Gasteiger partial charge >= 0.3 is 0 Å². The highest BCUT2D eigenvalue weighted by Gasteiger charge is 2.20. The number of rotatable bonds is 8. The average Bonchev–Trinajstić information content (AvgIpc) is 3.50. The topological polar surface area (TPSA) is 94.5 Å². The summed E-state index contributed by atoms with van der Waals surface area (Å²) in [7, 11) is 1.57. The maximum absolute atomic E-state index is 12.6. The van der Waals surface area contributed by atoms with Crippen LogP contribution in [0.3, 0.4) is 0 Å². The Morgan fingerprint density at radius 1 is 1.03 bits per heavy atom. The van der Waals surface area contributed by atoms with Gasteiger partial charge in [0, 0.05) is 23.4 Å². The van der Waals surface area contributed by atoms with Crippen LogP contribution in [-0.4, -0.2) is 35.3 Å². The molecule has 0 saturated heterocycles. The maximum atomic E-state index is 12.6. The highest BCUT2D eigenvalue weighted by Crippen LogP contribution is 2.31. The molecule has 8 nitrogen and oxygen atoms in total. The molecule has 0 atom stereocenters. The summed E-state index contributed by atoms with van der Waals surface area (Å²) in [6, 6.07) is 15.9. The van der Waals surface area contributed by atoms with Crippen molar-refractivity contribution in [2.75, 3.05) is 24.4 Å². The predicted octanol–water partition coefficient (Wildman–Crippen LogP) is 4.28. The van der Waals surface area contributed by atoms with Gasteiger partial charge in [-0.25, -0.2) is 4.68 Å². The lowest BCUT2D eigenvalue weighted by Gasteiger charge is -2.14. The van der Waals surface area contributed by atoms with Crippen molar-refractivity contribution >= 4 is 23.3 Å². The van der Waals surface area contributed by atoms with Crippen molar-refractivity contribution in [1.29, 1.82) is 0 Å². The fourth-order valence-corrected chi connectivity index (χ4v) is 3.79. The molecule has 0 spiro atoms. The van der Waals surface area contributed by atoms with Crippen LogP contribution in [0, 0.1) is 0 Å². The maximum Gasteiger partial charge on any atom is 0.262 e. The first-order valence-electron chi connectivity index (χ1n) is 10.6. The van der Waals surface area contributed by atoms with Crippen LogP contribution in [0.25, 0.3) is 0 Å². The zero-order chi connectivity index (χ0) is 22.3. The van der Waals surface area contributed by atoms with Crippen LogP contribution < -0.4 is 20.1 Å². The van der Waals surface area contributed by atoms with Gasteiger partial charge in [0.25, 0.3) is 11.8 Å². The molecule has 166 valence electrons. The molecule has 0 bridgehead atoms. The second-order valence-electron chi connectivity index (χ2n) is 7.65.